The van der Waals surface area contributed by atoms with E-state index < -0.39 is 0 Å². The third kappa shape index (κ3) is 5.35. The molecule has 1 aromatic heterocycles. The molecule has 0 aliphatic heterocycles. The summed E-state index contributed by atoms with van der Waals surface area (Å²) in [6.45, 7) is 5.48. The number of guanidine groups is 1. The molecule has 0 unspecified atom stereocenters. The lowest BCUT2D eigenvalue weighted by molar-refractivity contribution is 0.368. The normalized spacial score (nSPS) is 11.4. The molecule has 6 nitrogen and oxygen atoms in total. The Morgan fingerprint density at radius 3 is 2.48 bits per heavy atom. The lowest BCUT2D eigenvalue weighted by Crippen LogP contribution is -2.36. The highest BCUT2D eigenvalue weighted by molar-refractivity contribution is 5.79. The summed E-state index contributed by atoms with van der Waals surface area (Å²) in [5, 5.41) is 19.5. The van der Waals surface area contributed by atoms with Crippen molar-refractivity contribution in [2.24, 2.45) is 4.99 Å². The Kier molecular flexibility index (Phi) is 7.02. The van der Waals surface area contributed by atoms with Crippen molar-refractivity contribution in [3.8, 4) is 6.07 Å². The van der Waals surface area contributed by atoms with E-state index in [1.807, 2.05) is 18.2 Å². The predicted octanol–water partition coefficient (Wildman–Crippen LogP) is 3.32. The number of rotatable bonds is 7. The number of nitriles is 1. The molecule has 0 bridgehead atoms. The topological polar surface area (TPSA) is 86.2 Å². The maximum Gasteiger partial charge on any atom is 0.191 e. The minimum Gasteiger partial charge on any atom is -0.359 e. The lowest BCUT2D eigenvalue weighted by Gasteiger charge is -2.10. The van der Waals surface area contributed by atoms with Gasteiger partial charge in [0.25, 0.3) is 0 Å². The molecule has 132 valence electrons. The van der Waals surface area contributed by atoms with Crippen LogP contribution < -0.4 is 10.6 Å². The van der Waals surface area contributed by atoms with E-state index in [4.69, 9.17) is 9.78 Å². The minimum atomic E-state index is 0.450. The molecule has 0 saturated carbocycles. The van der Waals surface area contributed by atoms with Crippen molar-refractivity contribution in [3.05, 3.63) is 52.9 Å². The van der Waals surface area contributed by atoms with Gasteiger partial charge >= 0.3 is 0 Å². The van der Waals surface area contributed by atoms with E-state index in [1.54, 1.807) is 19.2 Å². The van der Waals surface area contributed by atoms with Crippen LogP contribution in [0.2, 0.25) is 0 Å². The van der Waals surface area contributed by atoms with Gasteiger partial charge in [0.15, 0.2) is 11.7 Å². The molecule has 0 atom stereocenters. The molecule has 2 N–H and O–H groups in total. The first-order valence-electron chi connectivity index (χ1n) is 8.59. The summed E-state index contributed by atoms with van der Waals surface area (Å²) in [4.78, 5) is 4.21. The van der Waals surface area contributed by atoms with Crippen LogP contribution >= 0.6 is 0 Å². The second-order valence-electron chi connectivity index (χ2n) is 5.82. The first kappa shape index (κ1) is 18.5. The fraction of sp³-hybridized carbons (Fsp3) is 0.421. The highest BCUT2D eigenvalue weighted by Gasteiger charge is 2.13. The van der Waals surface area contributed by atoms with E-state index in [-0.39, 0.29) is 0 Å². The second-order valence-corrected chi connectivity index (χ2v) is 5.82. The molecule has 25 heavy (non-hydrogen) atoms. The van der Waals surface area contributed by atoms with E-state index >= 15 is 0 Å². The molecule has 0 fully saturated rings. The van der Waals surface area contributed by atoms with E-state index in [0.29, 0.717) is 30.5 Å². The van der Waals surface area contributed by atoms with Gasteiger partial charge in [0.2, 0.25) is 0 Å². The molecule has 0 aliphatic carbocycles. The van der Waals surface area contributed by atoms with Crippen molar-refractivity contribution < 1.29 is 4.52 Å². The lowest BCUT2D eigenvalue weighted by atomic mass is 9.99. The summed E-state index contributed by atoms with van der Waals surface area (Å²) in [6, 6.07) is 11.6. The van der Waals surface area contributed by atoms with Gasteiger partial charge in [0.1, 0.15) is 0 Å². The zero-order valence-electron chi connectivity index (χ0n) is 15.0. The number of aromatic nitrogens is 1. The highest BCUT2D eigenvalue weighted by atomic mass is 16.5. The molecule has 0 amide bonds. The molecular formula is C19H25N5O. The van der Waals surface area contributed by atoms with Gasteiger partial charge in [-0.05, 0) is 30.5 Å². The maximum atomic E-state index is 8.82. The number of nitrogens with zero attached hydrogens (tertiary/aromatic N) is 3. The van der Waals surface area contributed by atoms with Crippen molar-refractivity contribution in [1.29, 1.82) is 5.26 Å². The third-order valence-corrected chi connectivity index (χ3v) is 4.18. The van der Waals surface area contributed by atoms with Gasteiger partial charge in [-0.2, -0.15) is 5.26 Å². The fourth-order valence-electron chi connectivity index (χ4n) is 2.59. The number of aliphatic imine (C=N–C) groups is 1. The van der Waals surface area contributed by atoms with Crippen LogP contribution in [0, 0.1) is 11.3 Å². The Hall–Kier alpha value is -2.81. The largest absolute Gasteiger partial charge is 0.359 e. The van der Waals surface area contributed by atoms with Crippen LogP contribution in [-0.2, 0) is 13.1 Å². The molecule has 0 spiro atoms. The summed E-state index contributed by atoms with van der Waals surface area (Å²) < 4.78 is 5.41. The van der Waals surface area contributed by atoms with Gasteiger partial charge in [-0.25, -0.2) is 0 Å². The monoisotopic (exact) mass is 339 g/mol. The van der Waals surface area contributed by atoms with E-state index in [2.05, 4.69) is 40.7 Å². The SMILES string of the molecule is CCC(CC)c1cc(CNC(=NC)NCc2ccc(C#N)cc2)on1. The zero-order chi connectivity index (χ0) is 18.1. The van der Waals surface area contributed by atoms with Gasteiger partial charge in [0.05, 0.1) is 23.9 Å². The van der Waals surface area contributed by atoms with Crippen LogP contribution in [0.3, 0.4) is 0 Å². The smallest absolute Gasteiger partial charge is 0.191 e. The fourth-order valence-corrected chi connectivity index (χ4v) is 2.59. The van der Waals surface area contributed by atoms with Gasteiger partial charge in [-0.1, -0.05) is 31.1 Å². The quantitative estimate of drug-likeness (QED) is 0.597. The molecule has 0 radical (unpaired) electrons. The zero-order valence-corrected chi connectivity index (χ0v) is 15.0. The summed E-state index contributed by atoms with van der Waals surface area (Å²) in [7, 11) is 1.73. The van der Waals surface area contributed by atoms with E-state index in [9.17, 15) is 0 Å². The number of benzene rings is 1. The molecule has 1 heterocycles. The predicted molar refractivity (Wildman–Crippen MR) is 98.0 cm³/mol. The summed E-state index contributed by atoms with van der Waals surface area (Å²) in [5.74, 6) is 1.93. The van der Waals surface area contributed by atoms with Crippen molar-refractivity contribution in [3.63, 3.8) is 0 Å². The Balaban J connectivity index is 1.85. The number of hydrogen-bond acceptors (Lipinski definition) is 4. The molecule has 2 rings (SSSR count). The number of nitrogens with one attached hydrogen (secondary N) is 2. The molecule has 6 heteroatoms. The summed E-state index contributed by atoms with van der Waals surface area (Å²) >= 11 is 0. The summed E-state index contributed by atoms with van der Waals surface area (Å²) in [6.07, 6.45) is 2.12. The van der Waals surface area contributed by atoms with E-state index in [0.717, 1.165) is 29.9 Å². The van der Waals surface area contributed by atoms with Gasteiger partial charge in [0, 0.05) is 25.6 Å². The van der Waals surface area contributed by atoms with Crippen LogP contribution in [0.15, 0.2) is 39.8 Å². The molecule has 0 aliphatic rings. The van der Waals surface area contributed by atoms with Crippen molar-refractivity contribution in [2.45, 2.75) is 45.7 Å². The molecule has 1 aromatic carbocycles. The summed E-state index contributed by atoms with van der Waals surface area (Å²) in [5.41, 5.74) is 2.75. The van der Waals surface area contributed by atoms with Crippen LogP contribution in [0.4, 0.5) is 0 Å². The van der Waals surface area contributed by atoms with Crippen LogP contribution in [0.5, 0.6) is 0 Å². The minimum absolute atomic E-state index is 0.450. The Morgan fingerprint density at radius 1 is 1.20 bits per heavy atom. The average Bonchev–Trinajstić information content (AvgIpc) is 3.12. The first-order chi connectivity index (χ1) is 12.2. The van der Waals surface area contributed by atoms with Crippen LogP contribution in [0.25, 0.3) is 0 Å². The van der Waals surface area contributed by atoms with Crippen molar-refractivity contribution in [1.82, 2.24) is 15.8 Å². The Labute approximate surface area is 148 Å². The van der Waals surface area contributed by atoms with Gasteiger partial charge < -0.3 is 15.2 Å². The average molecular weight is 339 g/mol. The second kappa shape index (κ2) is 9.48. The molecular weight excluding hydrogens is 314 g/mol. The van der Waals surface area contributed by atoms with E-state index in [1.165, 1.54) is 0 Å². The Morgan fingerprint density at radius 2 is 1.88 bits per heavy atom. The number of hydrogen-bond donors (Lipinski definition) is 2. The molecule has 2 aromatic rings. The van der Waals surface area contributed by atoms with Crippen LogP contribution in [-0.4, -0.2) is 18.2 Å². The van der Waals surface area contributed by atoms with Gasteiger partial charge in [-0.3, -0.25) is 4.99 Å². The van der Waals surface area contributed by atoms with Gasteiger partial charge in [-0.15, -0.1) is 0 Å². The highest BCUT2D eigenvalue weighted by Crippen LogP contribution is 2.22. The van der Waals surface area contributed by atoms with Crippen LogP contribution in [0.1, 0.15) is 55.2 Å². The maximum absolute atomic E-state index is 8.82. The molecule has 0 saturated heterocycles. The van der Waals surface area contributed by atoms with Crippen molar-refractivity contribution in [2.75, 3.05) is 7.05 Å². The standard InChI is InChI=1S/C19H25N5O/c1-4-16(5-2)18-10-17(25-24-18)13-23-19(21-3)22-12-15-8-6-14(11-20)7-9-15/h6-10,16H,4-5,12-13H2,1-3H3,(H2,21,22,23). The van der Waals surface area contributed by atoms with Crippen molar-refractivity contribution >= 4 is 5.96 Å². The first-order valence-corrected chi connectivity index (χ1v) is 8.59. The Bertz CT molecular complexity index is 723. The third-order valence-electron chi connectivity index (χ3n) is 4.18.